The molecule has 0 aliphatic heterocycles. The summed E-state index contributed by atoms with van der Waals surface area (Å²) in [7, 11) is 1.22. The number of rotatable bonds is 3. The van der Waals surface area contributed by atoms with Crippen LogP contribution in [0.4, 0.5) is 13.2 Å². The number of aromatic nitrogens is 3. The number of carbonyl (C=O) groups excluding carboxylic acids is 1. The maximum atomic E-state index is 13.7. The Bertz CT molecular complexity index is 1080. The lowest BCUT2D eigenvalue weighted by atomic mass is 9.93. The van der Waals surface area contributed by atoms with E-state index in [9.17, 15) is 23.2 Å². The van der Waals surface area contributed by atoms with Crippen LogP contribution in [0.3, 0.4) is 0 Å². The first-order chi connectivity index (χ1) is 14.0. The van der Waals surface area contributed by atoms with Crippen molar-refractivity contribution in [1.29, 1.82) is 5.26 Å². The van der Waals surface area contributed by atoms with E-state index in [1.54, 1.807) is 5.38 Å². The van der Waals surface area contributed by atoms with Gasteiger partial charge in [-0.1, -0.05) is 32.4 Å². The third-order valence-electron chi connectivity index (χ3n) is 4.11. The van der Waals surface area contributed by atoms with Crippen molar-refractivity contribution in [3.05, 3.63) is 32.5 Å². The number of esters is 1. The summed E-state index contributed by atoms with van der Waals surface area (Å²) in [6, 6.07) is 1.84. The number of alkyl halides is 3. The summed E-state index contributed by atoms with van der Waals surface area (Å²) in [6.45, 7) is 10.3. The number of ether oxygens (including phenoxy) is 1. The van der Waals surface area contributed by atoms with Gasteiger partial charge in [0.1, 0.15) is 21.8 Å². The molecule has 6 nitrogen and oxygen atoms in total. The molecule has 11 heteroatoms. The summed E-state index contributed by atoms with van der Waals surface area (Å²) in [5.41, 5.74) is -3.16. The molecule has 0 bridgehead atoms. The standard InChI is InChI=1S/C20H22ClF3N4O2S/c1-18(2,3)11-9-31-16(26-11)10(8-25)13(30-17(29)19(4,5)6)12-14(20(22,23)24)27-28(7)15(12)21/h9H,1-7H3. The predicted octanol–water partition coefficient (Wildman–Crippen LogP) is 5.83. The molecule has 0 unspecified atom stereocenters. The lowest BCUT2D eigenvalue weighted by molar-refractivity contribution is -0.146. The molecule has 0 aromatic carbocycles. The molecule has 168 valence electrons. The molecule has 0 aliphatic rings. The van der Waals surface area contributed by atoms with Crippen LogP contribution in [0.2, 0.25) is 5.15 Å². The Morgan fingerprint density at radius 2 is 1.81 bits per heavy atom. The van der Waals surface area contributed by atoms with Crippen LogP contribution in [0.15, 0.2) is 5.38 Å². The van der Waals surface area contributed by atoms with E-state index < -0.39 is 39.7 Å². The number of nitriles is 1. The van der Waals surface area contributed by atoms with Gasteiger partial charge in [0, 0.05) is 17.8 Å². The Kier molecular flexibility index (Phi) is 6.65. The van der Waals surface area contributed by atoms with Crippen LogP contribution in [0.1, 0.15) is 63.5 Å². The van der Waals surface area contributed by atoms with Gasteiger partial charge in [-0.15, -0.1) is 11.3 Å². The Hall–Kier alpha value is -2.38. The Balaban J connectivity index is 2.88. The minimum atomic E-state index is -4.90. The molecular weight excluding hydrogens is 453 g/mol. The molecule has 0 N–H and O–H groups in total. The van der Waals surface area contributed by atoms with E-state index in [0.717, 1.165) is 16.0 Å². The topological polar surface area (TPSA) is 80.8 Å². The Morgan fingerprint density at radius 3 is 2.23 bits per heavy atom. The highest BCUT2D eigenvalue weighted by Gasteiger charge is 2.42. The van der Waals surface area contributed by atoms with Crippen molar-refractivity contribution >= 4 is 40.2 Å². The number of halogens is 4. The molecule has 0 fully saturated rings. The van der Waals surface area contributed by atoms with Gasteiger partial charge in [0.05, 0.1) is 16.7 Å². The first kappa shape index (κ1) is 24.9. The quantitative estimate of drug-likeness (QED) is 0.317. The number of hydrogen-bond donors (Lipinski definition) is 0. The first-order valence-electron chi connectivity index (χ1n) is 9.11. The molecule has 0 radical (unpaired) electrons. The van der Waals surface area contributed by atoms with Gasteiger partial charge in [-0.3, -0.25) is 9.48 Å². The minimum absolute atomic E-state index is 0.108. The summed E-state index contributed by atoms with van der Waals surface area (Å²) >= 11 is 7.19. The number of allylic oxidation sites excluding steroid dienone is 1. The van der Waals surface area contributed by atoms with Crippen molar-refractivity contribution in [1.82, 2.24) is 14.8 Å². The fraction of sp³-hybridized carbons (Fsp3) is 0.500. The summed E-state index contributed by atoms with van der Waals surface area (Å²) in [4.78, 5) is 17.0. The molecule has 2 aromatic rings. The smallest absolute Gasteiger partial charge is 0.424 e. The van der Waals surface area contributed by atoms with Crippen molar-refractivity contribution in [3.63, 3.8) is 0 Å². The largest absolute Gasteiger partial charge is 0.435 e. The van der Waals surface area contributed by atoms with E-state index in [2.05, 4.69) is 10.1 Å². The second-order valence-electron chi connectivity index (χ2n) is 8.88. The molecular formula is C20H22ClF3N4O2S. The van der Waals surface area contributed by atoms with E-state index in [1.807, 2.05) is 26.8 Å². The summed E-state index contributed by atoms with van der Waals surface area (Å²) in [5.74, 6) is -1.46. The van der Waals surface area contributed by atoms with Crippen LogP contribution in [-0.2, 0) is 28.2 Å². The number of hydrogen-bond acceptors (Lipinski definition) is 6. The van der Waals surface area contributed by atoms with Gasteiger partial charge in [-0.25, -0.2) is 4.98 Å². The van der Waals surface area contributed by atoms with Crippen molar-refractivity contribution < 1.29 is 22.7 Å². The van der Waals surface area contributed by atoms with Crippen LogP contribution >= 0.6 is 22.9 Å². The monoisotopic (exact) mass is 474 g/mol. The summed E-state index contributed by atoms with van der Waals surface area (Å²) < 4.78 is 47.3. The molecule has 2 heterocycles. The zero-order chi connectivity index (χ0) is 23.9. The van der Waals surface area contributed by atoms with Crippen molar-refractivity contribution in [3.8, 4) is 6.07 Å². The average molecular weight is 475 g/mol. The molecule has 31 heavy (non-hydrogen) atoms. The van der Waals surface area contributed by atoms with Crippen LogP contribution in [0.5, 0.6) is 0 Å². The van der Waals surface area contributed by atoms with Gasteiger partial charge in [0.25, 0.3) is 0 Å². The van der Waals surface area contributed by atoms with Gasteiger partial charge >= 0.3 is 12.1 Å². The van der Waals surface area contributed by atoms with Crippen LogP contribution in [-0.4, -0.2) is 20.7 Å². The molecule has 0 spiro atoms. The zero-order valence-electron chi connectivity index (χ0n) is 18.1. The molecule has 0 saturated heterocycles. The number of nitrogens with zero attached hydrogens (tertiary/aromatic N) is 4. The second kappa shape index (κ2) is 8.28. The lowest BCUT2D eigenvalue weighted by Crippen LogP contribution is -2.23. The van der Waals surface area contributed by atoms with E-state index in [4.69, 9.17) is 16.3 Å². The van der Waals surface area contributed by atoms with E-state index in [-0.39, 0.29) is 16.0 Å². The van der Waals surface area contributed by atoms with Gasteiger partial charge in [0.2, 0.25) is 0 Å². The Labute approximate surface area is 187 Å². The number of thiazole rings is 1. The third kappa shape index (κ3) is 5.28. The molecule has 2 aromatic heterocycles. The lowest BCUT2D eigenvalue weighted by Gasteiger charge is -2.19. The third-order valence-corrected chi connectivity index (χ3v) is 5.40. The fourth-order valence-corrected chi connectivity index (χ4v) is 3.55. The SMILES string of the molecule is Cn1nc(C(F)(F)F)c(C(OC(=O)C(C)(C)C)=C(C#N)c2nc(C(C)(C)C)cs2)c1Cl. The molecule has 0 amide bonds. The second-order valence-corrected chi connectivity index (χ2v) is 10.1. The molecule has 2 rings (SSSR count). The minimum Gasteiger partial charge on any atom is -0.424 e. The van der Waals surface area contributed by atoms with E-state index in [1.165, 1.54) is 27.8 Å². The maximum Gasteiger partial charge on any atom is 0.435 e. The molecule has 0 saturated carbocycles. The van der Waals surface area contributed by atoms with Gasteiger partial charge in [-0.05, 0) is 20.8 Å². The average Bonchev–Trinajstić information content (AvgIpc) is 3.19. The summed E-state index contributed by atoms with van der Waals surface area (Å²) in [5, 5.41) is 14.7. The zero-order valence-corrected chi connectivity index (χ0v) is 19.7. The van der Waals surface area contributed by atoms with Crippen LogP contribution < -0.4 is 0 Å². The molecule has 0 aliphatic carbocycles. The highest BCUT2D eigenvalue weighted by molar-refractivity contribution is 7.11. The van der Waals surface area contributed by atoms with Crippen molar-refractivity contribution in [2.45, 2.75) is 53.1 Å². The predicted molar refractivity (Wildman–Crippen MR) is 112 cm³/mol. The fourth-order valence-electron chi connectivity index (χ4n) is 2.30. The summed E-state index contributed by atoms with van der Waals surface area (Å²) in [6.07, 6.45) is -4.90. The van der Waals surface area contributed by atoms with Crippen molar-refractivity contribution in [2.24, 2.45) is 12.5 Å². The van der Waals surface area contributed by atoms with Gasteiger partial charge in [0.15, 0.2) is 11.5 Å². The van der Waals surface area contributed by atoms with Crippen molar-refractivity contribution in [2.75, 3.05) is 0 Å². The molecule has 0 atom stereocenters. The van der Waals surface area contributed by atoms with E-state index in [0.29, 0.717) is 5.69 Å². The van der Waals surface area contributed by atoms with Crippen LogP contribution in [0, 0.1) is 16.7 Å². The number of carbonyl (C=O) groups is 1. The maximum absolute atomic E-state index is 13.7. The normalized spacial score (nSPS) is 13.6. The first-order valence-corrected chi connectivity index (χ1v) is 10.4. The van der Waals surface area contributed by atoms with Gasteiger partial charge < -0.3 is 4.74 Å². The highest BCUT2D eigenvalue weighted by Crippen LogP contribution is 2.42. The Morgan fingerprint density at radius 1 is 1.23 bits per heavy atom. The highest BCUT2D eigenvalue weighted by atomic mass is 35.5. The van der Waals surface area contributed by atoms with Crippen LogP contribution in [0.25, 0.3) is 11.3 Å². The number of aryl methyl sites for hydroxylation is 1. The van der Waals surface area contributed by atoms with E-state index >= 15 is 0 Å². The van der Waals surface area contributed by atoms with Gasteiger partial charge in [-0.2, -0.15) is 23.5 Å².